The predicted molar refractivity (Wildman–Crippen MR) is 97.8 cm³/mol. The molecule has 1 fully saturated rings. The van der Waals surface area contributed by atoms with Crippen LogP contribution in [0.3, 0.4) is 0 Å². The van der Waals surface area contributed by atoms with E-state index in [1.165, 1.54) is 0 Å². The molecule has 1 aromatic carbocycles. The molecule has 0 radical (unpaired) electrons. The van der Waals surface area contributed by atoms with Crippen molar-refractivity contribution >= 4 is 11.9 Å². The van der Waals surface area contributed by atoms with Gasteiger partial charge in [-0.15, -0.1) is 0 Å². The maximum Gasteiger partial charge on any atom is 0.317 e. The Morgan fingerprint density at radius 3 is 2.24 bits per heavy atom. The Hall–Kier alpha value is -2.24. The summed E-state index contributed by atoms with van der Waals surface area (Å²) >= 11 is 0. The van der Waals surface area contributed by atoms with E-state index in [2.05, 4.69) is 5.32 Å². The molecule has 1 aliphatic rings. The number of amides is 3. The minimum atomic E-state index is -0.0327. The van der Waals surface area contributed by atoms with E-state index in [1.54, 1.807) is 4.90 Å². The summed E-state index contributed by atoms with van der Waals surface area (Å²) in [5, 5.41) is 2.88. The van der Waals surface area contributed by atoms with E-state index in [4.69, 9.17) is 4.74 Å². The average molecular weight is 347 g/mol. The van der Waals surface area contributed by atoms with Crippen LogP contribution in [-0.4, -0.2) is 60.6 Å². The number of rotatable bonds is 6. The largest absolute Gasteiger partial charge is 0.491 e. The van der Waals surface area contributed by atoms with Crippen molar-refractivity contribution in [3.63, 3.8) is 0 Å². The summed E-state index contributed by atoms with van der Waals surface area (Å²) in [5.74, 6) is 0.920. The molecule has 0 spiro atoms. The van der Waals surface area contributed by atoms with Gasteiger partial charge in [0, 0.05) is 32.7 Å². The predicted octanol–water partition coefficient (Wildman–Crippen LogP) is 2.28. The second-order valence-corrected chi connectivity index (χ2v) is 6.59. The Balaban J connectivity index is 1.79. The molecule has 1 N–H and O–H groups in total. The Morgan fingerprint density at radius 2 is 1.68 bits per heavy atom. The second kappa shape index (κ2) is 9.30. The van der Waals surface area contributed by atoms with E-state index in [9.17, 15) is 9.59 Å². The van der Waals surface area contributed by atoms with E-state index >= 15 is 0 Å². The molecule has 1 aromatic rings. The van der Waals surface area contributed by atoms with Gasteiger partial charge in [-0.1, -0.05) is 19.1 Å². The lowest BCUT2D eigenvalue weighted by atomic mass is 10.1. The first-order valence-electron chi connectivity index (χ1n) is 9.05. The third-order valence-corrected chi connectivity index (χ3v) is 4.10. The lowest BCUT2D eigenvalue weighted by Crippen LogP contribution is -2.53. The second-order valence-electron chi connectivity index (χ2n) is 6.59. The van der Waals surface area contributed by atoms with Gasteiger partial charge in [0.2, 0.25) is 5.91 Å². The lowest BCUT2D eigenvalue weighted by Gasteiger charge is -2.34. The van der Waals surface area contributed by atoms with Crippen molar-refractivity contribution in [1.82, 2.24) is 15.1 Å². The zero-order valence-electron chi connectivity index (χ0n) is 15.5. The molecule has 0 bridgehead atoms. The van der Waals surface area contributed by atoms with Gasteiger partial charge in [0.15, 0.2) is 0 Å². The number of carbonyl (C=O) groups excluding carboxylic acids is 2. The number of hydrogen-bond acceptors (Lipinski definition) is 3. The van der Waals surface area contributed by atoms with Crippen LogP contribution in [0.2, 0.25) is 0 Å². The number of nitrogens with one attached hydrogen (secondary N) is 1. The van der Waals surface area contributed by atoms with E-state index in [0.717, 1.165) is 17.7 Å². The van der Waals surface area contributed by atoms with Crippen LogP contribution in [0, 0.1) is 0 Å². The fraction of sp³-hybridized carbons (Fsp3) is 0.579. The molecule has 6 heteroatoms. The van der Waals surface area contributed by atoms with Crippen LogP contribution in [-0.2, 0) is 11.2 Å². The van der Waals surface area contributed by atoms with Gasteiger partial charge in [-0.3, -0.25) is 4.79 Å². The third-order valence-electron chi connectivity index (χ3n) is 4.10. The molecule has 3 amide bonds. The van der Waals surface area contributed by atoms with Gasteiger partial charge in [-0.05, 0) is 38.0 Å². The molecule has 138 valence electrons. The Labute approximate surface area is 150 Å². The molecule has 0 atom stereocenters. The van der Waals surface area contributed by atoms with Gasteiger partial charge in [-0.25, -0.2) is 4.79 Å². The van der Waals surface area contributed by atoms with Gasteiger partial charge in [0.25, 0.3) is 0 Å². The fourth-order valence-corrected chi connectivity index (χ4v) is 2.75. The maximum atomic E-state index is 12.5. The number of nitrogens with zero attached hydrogens (tertiary/aromatic N) is 2. The van der Waals surface area contributed by atoms with Crippen LogP contribution in [0.15, 0.2) is 24.3 Å². The molecule has 6 nitrogen and oxygen atoms in total. The topological polar surface area (TPSA) is 61.9 Å². The Morgan fingerprint density at radius 1 is 1.08 bits per heavy atom. The quantitative estimate of drug-likeness (QED) is 0.859. The van der Waals surface area contributed by atoms with Crippen molar-refractivity contribution in [2.75, 3.05) is 32.7 Å². The molecule has 0 aromatic heterocycles. The van der Waals surface area contributed by atoms with Crippen LogP contribution in [0.1, 0.15) is 32.8 Å². The van der Waals surface area contributed by atoms with Crippen molar-refractivity contribution in [1.29, 1.82) is 0 Å². The van der Waals surface area contributed by atoms with Crippen LogP contribution in [0.25, 0.3) is 0 Å². The molecule has 0 aliphatic carbocycles. The van der Waals surface area contributed by atoms with Crippen LogP contribution in [0.4, 0.5) is 4.79 Å². The summed E-state index contributed by atoms with van der Waals surface area (Å²) in [6.45, 7) is 9.04. The third kappa shape index (κ3) is 5.96. The normalized spacial score (nSPS) is 14.6. The van der Waals surface area contributed by atoms with Gasteiger partial charge in [-0.2, -0.15) is 0 Å². The highest BCUT2D eigenvalue weighted by Gasteiger charge is 2.23. The zero-order chi connectivity index (χ0) is 18.2. The number of piperazine rings is 1. The van der Waals surface area contributed by atoms with Crippen molar-refractivity contribution in [2.24, 2.45) is 0 Å². The summed E-state index contributed by atoms with van der Waals surface area (Å²) in [7, 11) is 0. The molecular weight excluding hydrogens is 318 g/mol. The fourth-order valence-electron chi connectivity index (χ4n) is 2.75. The SMILES string of the molecule is CCCNC(=O)N1CCN(C(=O)Cc2ccc(OC(C)C)cc2)CC1. The number of urea groups is 1. The molecule has 1 aliphatic heterocycles. The smallest absolute Gasteiger partial charge is 0.317 e. The van der Waals surface area contributed by atoms with Gasteiger partial charge in [0.05, 0.1) is 12.5 Å². The van der Waals surface area contributed by atoms with Crippen LogP contribution in [0.5, 0.6) is 5.75 Å². The van der Waals surface area contributed by atoms with Crippen molar-refractivity contribution in [3.05, 3.63) is 29.8 Å². The van der Waals surface area contributed by atoms with E-state index in [-0.39, 0.29) is 18.0 Å². The highest BCUT2D eigenvalue weighted by atomic mass is 16.5. The molecule has 2 rings (SSSR count). The summed E-state index contributed by atoms with van der Waals surface area (Å²) in [6, 6.07) is 7.64. The number of benzene rings is 1. The standard InChI is InChI=1S/C19H29N3O3/c1-4-9-20-19(24)22-12-10-21(11-13-22)18(23)14-16-5-7-17(8-6-16)25-15(2)3/h5-8,15H,4,9-14H2,1-3H3,(H,20,24). The molecular formula is C19H29N3O3. The lowest BCUT2D eigenvalue weighted by molar-refractivity contribution is -0.131. The minimum Gasteiger partial charge on any atom is -0.491 e. The summed E-state index contributed by atoms with van der Waals surface area (Å²) in [6.07, 6.45) is 1.44. The zero-order valence-corrected chi connectivity index (χ0v) is 15.5. The van der Waals surface area contributed by atoms with Gasteiger partial charge in [0.1, 0.15) is 5.75 Å². The molecule has 0 unspecified atom stereocenters. The first kappa shape index (κ1) is 19.1. The maximum absolute atomic E-state index is 12.5. The van der Waals surface area contributed by atoms with Crippen molar-refractivity contribution in [2.45, 2.75) is 39.7 Å². The summed E-state index contributed by atoms with van der Waals surface area (Å²) < 4.78 is 5.61. The molecule has 25 heavy (non-hydrogen) atoms. The molecule has 0 saturated carbocycles. The van der Waals surface area contributed by atoms with Gasteiger partial charge < -0.3 is 19.9 Å². The average Bonchev–Trinajstić information content (AvgIpc) is 2.61. The Kier molecular flexibility index (Phi) is 7.10. The molecule has 1 saturated heterocycles. The highest BCUT2D eigenvalue weighted by Crippen LogP contribution is 2.15. The van der Waals surface area contributed by atoms with Gasteiger partial charge >= 0.3 is 6.03 Å². The van der Waals surface area contributed by atoms with Crippen molar-refractivity contribution in [3.8, 4) is 5.75 Å². The minimum absolute atomic E-state index is 0.0327. The van der Waals surface area contributed by atoms with E-state index in [1.807, 2.05) is 49.9 Å². The summed E-state index contributed by atoms with van der Waals surface area (Å²) in [5.41, 5.74) is 0.976. The first-order chi connectivity index (χ1) is 12.0. The number of ether oxygens (including phenoxy) is 1. The monoisotopic (exact) mass is 347 g/mol. The van der Waals surface area contributed by atoms with Crippen LogP contribution >= 0.6 is 0 Å². The van der Waals surface area contributed by atoms with Crippen molar-refractivity contribution < 1.29 is 14.3 Å². The number of hydrogen-bond donors (Lipinski definition) is 1. The van der Waals surface area contributed by atoms with E-state index in [0.29, 0.717) is 39.1 Å². The Bertz CT molecular complexity index is 564. The first-order valence-corrected chi connectivity index (χ1v) is 9.05. The summed E-state index contributed by atoms with van der Waals surface area (Å²) in [4.78, 5) is 28.0. The van der Waals surface area contributed by atoms with Crippen LogP contribution < -0.4 is 10.1 Å². The molecule has 1 heterocycles. The van der Waals surface area contributed by atoms with E-state index < -0.39 is 0 Å². The highest BCUT2D eigenvalue weighted by molar-refractivity contribution is 5.79. The number of carbonyl (C=O) groups is 2.